The van der Waals surface area contributed by atoms with Crippen molar-refractivity contribution in [3.8, 4) is 6.07 Å². The van der Waals surface area contributed by atoms with Gasteiger partial charge in [0.2, 0.25) is 0 Å². The molecule has 1 aromatic carbocycles. The maximum atomic E-state index is 8.99. The van der Waals surface area contributed by atoms with Gasteiger partial charge in [-0.3, -0.25) is 0 Å². The highest BCUT2D eigenvalue weighted by Gasteiger charge is 2.12. The average Bonchev–Trinajstić information content (AvgIpc) is 2.76. The van der Waals surface area contributed by atoms with Crippen LogP contribution in [0.1, 0.15) is 31.7 Å². The first-order valence-corrected chi connectivity index (χ1v) is 7.04. The molecule has 0 unspecified atom stereocenters. The Morgan fingerprint density at radius 1 is 1.40 bits per heavy atom. The maximum absolute atomic E-state index is 8.99. The summed E-state index contributed by atoms with van der Waals surface area (Å²) < 4.78 is 7.39. The summed E-state index contributed by atoms with van der Waals surface area (Å²) in [7, 11) is 1.72. The molecule has 0 aliphatic rings. The zero-order valence-corrected chi connectivity index (χ0v) is 12.4. The second-order valence-electron chi connectivity index (χ2n) is 5.44. The summed E-state index contributed by atoms with van der Waals surface area (Å²) in [6.07, 6.45) is 1.86. The van der Waals surface area contributed by atoms with Crippen LogP contribution in [0, 0.1) is 17.2 Å². The summed E-state index contributed by atoms with van der Waals surface area (Å²) in [4.78, 5) is 4.70. The lowest BCUT2D eigenvalue weighted by Crippen LogP contribution is -2.09. The average molecular weight is 271 g/mol. The number of aromatic nitrogens is 2. The van der Waals surface area contributed by atoms with Crippen LogP contribution in [0.5, 0.6) is 0 Å². The molecule has 0 N–H and O–H groups in total. The fourth-order valence-corrected chi connectivity index (χ4v) is 2.38. The third-order valence-corrected chi connectivity index (χ3v) is 3.25. The lowest BCUT2D eigenvalue weighted by atomic mass is 10.2. The van der Waals surface area contributed by atoms with Crippen LogP contribution in [-0.4, -0.2) is 23.3 Å². The standard InChI is InChI=1S/C16H21N3O/c1-12(2)11-19-15-7-6-13(10-17)9-14(15)18-16(19)5-4-8-20-3/h6-7,9,12H,4-5,8,11H2,1-3H3. The van der Waals surface area contributed by atoms with Gasteiger partial charge in [-0.05, 0) is 30.5 Å². The van der Waals surface area contributed by atoms with E-state index in [1.54, 1.807) is 7.11 Å². The predicted octanol–water partition coefficient (Wildman–Crippen LogP) is 3.14. The van der Waals surface area contributed by atoms with E-state index in [1.807, 2.05) is 18.2 Å². The highest BCUT2D eigenvalue weighted by molar-refractivity contribution is 5.77. The summed E-state index contributed by atoms with van der Waals surface area (Å²) in [5.74, 6) is 1.64. The van der Waals surface area contributed by atoms with Gasteiger partial charge in [0, 0.05) is 26.7 Å². The molecule has 0 fully saturated rings. The molecule has 20 heavy (non-hydrogen) atoms. The molecule has 0 spiro atoms. The van der Waals surface area contributed by atoms with Gasteiger partial charge in [-0.1, -0.05) is 13.8 Å². The smallest absolute Gasteiger partial charge is 0.109 e. The van der Waals surface area contributed by atoms with Crippen molar-refractivity contribution in [1.82, 2.24) is 9.55 Å². The monoisotopic (exact) mass is 271 g/mol. The molecule has 2 aromatic rings. The van der Waals surface area contributed by atoms with Gasteiger partial charge in [-0.15, -0.1) is 0 Å². The van der Waals surface area contributed by atoms with E-state index in [0.717, 1.165) is 42.9 Å². The summed E-state index contributed by atoms with van der Waals surface area (Å²) in [5, 5.41) is 8.99. The fraction of sp³-hybridized carbons (Fsp3) is 0.500. The number of nitrogens with zero attached hydrogens (tertiary/aromatic N) is 3. The fourth-order valence-electron chi connectivity index (χ4n) is 2.38. The molecule has 0 atom stereocenters. The molecule has 0 radical (unpaired) electrons. The second kappa shape index (κ2) is 6.53. The second-order valence-corrected chi connectivity index (χ2v) is 5.44. The SMILES string of the molecule is COCCCc1nc2cc(C#N)ccc2n1CC(C)C. The molecule has 0 amide bonds. The Balaban J connectivity index is 2.40. The van der Waals surface area contributed by atoms with E-state index < -0.39 is 0 Å². The lowest BCUT2D eigenvalue weighted by Gasteiger charge is -2.11. The van der Waals surface area contributed by atoms with Crippen LogP contribution in [0.15, 0.2) is 18.2 Å². The van der Waals surface area contributed by atoms with E-state index in [2.05, 4.69) is 24.5 Å². The summed E-state index contributed by atoms with van der Waals surface area (Å²) in [6.45, 7) is 6.10. The van der Waals surface area contributed by atoms with Crippen molar-refractivity contribution < 1.29 is 4.74 Å². The molecule has 106 valence electrons. The van der Waals surface area contributed by atoms with Crippen LogP contribution in [0.3, 0.4) is 0 Å². The van der Waals surface area contributed by atoms with E-state index in [1.165, 1.54) is 0 Å². The van der Waals surface area contributed by atoms with Crippen molar-refractivity contribution in [1.29, 1.82) is 5.26 Å². The predicted molar refractivity (Wildman–Crippen MR) is 79.5 cm³/mol. The normalized spacial score (nSPS) is 11.2. The summed E-state index contributed by atoms with van der Waals surface area (Å²) in [6, 6.07) is 7.90. The van der Waals surface area contributed by atoms with Crippen molar-refractivity contribution in [3.05, 3.63) is 29.6 Å². The number of aryl methyl sites for hydroxylation is 1. The Morgan fingerprint density at radius 3 is 2.85 bits per heavy atom. The highest BCUT2D eigenvalue weighted by atomic mass is 16.5. The minimum atomic E-state index is 0.559. The van der Waals surface area contributed by atoms with Crippen LogP contribution in [-0.2, 0) is 17.7 Å². The molecule has 4 nitrogen and oxygen atoms in total. The van der Waals surface area contributed by atoms with Crippen molar-refractivity contribution in [3.63, 3.8) is 0 Å². The van der Waals surface area contributed by atoms with Gasteiger partial charge < -0.3 is 9.30 Å². The minimum absolute atomic E-state index is 0.559. The molecular formula is C16H21N3O. The van der Waals surface area contributed by atoms with Crippen LogP contribution >= 0.6 is 0 Å². The van der Waals surface area contributed by atoms with Crippen LogP contribution in [0.4, 0.5) is 0 Å². The Kier molecular flexibility index (Phi) is 4.75. The number of hydrogen-bond donors (Lipinski definition) is 0. The third kappa shape index (κ3) is 3.17. The van der Waals surface area contributed by atoms with Crippen LogP contribution < -0.4 is 0 Å². The van der Waals surface area contributed by atoms with E-state index in [-0.39, 0.29) is 0 Å². The zero-order valence-electron chi connectivity index (χ0n) is 12.4. The van der Waals surface area contributed by atoms with E-state index in [9.17, 15) is 0 Å². The molecular weight excluding hydrogens is 250 g/mol. The number of benzene rings is 1. The van der Waals surface area contributed by atoms with Crippen LogP contribution in [0.25, 0.3) is 11.0 Å². The number of methoxy groups -OCH3 is 1. The molecule has 4 heteroatoms. The minimum Gasteiger partial charge on any atom is -0.385 e. The van der Waals surface area contributed by atoms with Gasteiger partial charge in [-0.25, -0.2) is 4.98 Å². The highest BCUT2D eigenvalue weighted by Crippen LogP contribution is 2.20. The Morgan fingerprint density at radius 2 is 2.20 bits per heavy atom. The van der Waals surface area contributed by atoms with E-state index >= 15 is 0 Å². The van der Waals surface area contributed by atoms with Gasteiger partial charge in [0.25, 0.3) is 0 Å². The molecule has 1 heterocycles. The van der Waals surface area contributed by atoms with Gasteiger partial charge >= 0.3 is 0 Å². The van der Waals surface area contributed by atoms with Crippen LogP contribution in [0.2, 0.25) is 0 Å². The third-order valence-electron chi connectivity index (χ3n) is 3.25. The number of fused-ring (bicyclic) bond motifs is 1. The van der Waals surface area contributed by atoms with Crippen molar-refractivity contribution in [2.45, 2.75) is 33.2 Å². The van der Waals surface area contributed by atoms with E-state index in [4.69, 9.17) is 15.0 Å². The first-order valence-electron chi connectivity index (χ1n) is 7.04. The number of nitriles is 1. The molecule has 2 rings (SSSR count). The molecule has 0 bridgehead atoms. The number of rotatable bonds is 6. The van der Waals surface area contributed by atoms with E-state index in [0.29, 0.717) is 11.5 Å². The first-order chi connectivity index (χ1) is 9.65. The topological polar surface area (TPSA) is 50.8 Å². The molecule has 1 aromatic heterocycles. The maximum Gasteiger partial charge on any atom is 0.109 e. The van der Waals surface area contributed by atoms with Gasteiger partial charge in [0.05, 0.1) is 22.7 Å². The van der Waals surface area contributed by atoms with Gasteiger partial charge in [-0.2, -0.15) is 5.26 Å². The Hall–Kier alpha value is -1.86. The van der Waals surface area contributed by atoms with Crippen molar-refractivity contribution in [2.24, 2.45) is 5.92 Å². The molecule has 0 aliphatic heterocycles. The quantitative estimate of drug-likeness (QED) is 0.758. The van der Waals surface area contributed by atoms with Crippen molar-refractivity contribution >= 4 is 11.0 Å². The molecule has 0 aliphatic carbocycles. The van der Waals surface area contributed by atoms with Crippen molar-refractivity contribution in [2.75, 3.05) is 13.7 Å². The molecule has 0 saturated heterocycles. The largest absolute Gasteiger partial charge is 0.385 e. The van der Waals surface area contributed by atoms with Gasteiger partial charge in [0.1, 0.15) is 5.82 Å². The first kappa shape index (κ1) is 14.5. The number of imidazole rings is 1. The number of ether oxygens (including phenoxy) is 1. The van der Waals surface area contributed by atoms with Gasteiger partial charge in [0.15, 0.2) is 0 Å². The Bertz CT molecular complexity index is 622. The number of hydrogen-bond acceptors (Lipinski definition) is 3. The Labute approximate surface area is 120 Å². The summed E-state index contributed by atoms with van der Waals surface area (Å²) >= 11 is 0. The zero-order chi connectivity index (χ0) is 14.5. The molecule has 0 saturated carbocycles. The lowest BCUT2D eigenvalue weighted by molar-refractivity contribution is 0.194. The summed E-state index contributed by atoms with van der Waals surface area (Å²) in [5.41, 5.74) is 2.69.